The number of nitrogens with one attached hydrogen (secondary N) is 1. The lowest BCUT2D eigenvalue weighted by Crippen LogP contribution is -2.81. The van der Waals surface area contributed by atoms with Gasteiger partial charge in [0.25, 0.3) is 0 Å². The fourth-order valence-electron chi connectivity index (χ4n) is 3.35. The van der Waals surface area contributed by atoms with Crippen molar-refractivity contribution in [2.45, 2.75) is 44.4 Å². The highest BCUT2D eigenvalue weighted by Crippen LogP contribution is 2.58. The van der Waals surface area contributed by atoms with Crippen molar-refractivity contribution in [1.29, 1.82) is 0 Å². The molecule has 0 bridgehead atoms. The molecule has 0 radical (unpaired) electrons. The van der Waals surface area contributed by atoms with E-state index in [1.54, 1.807) is 6.92 Å². The number of fused-ring (bicyclic) bond motifs is 1. The van der Waals surface area contributed by atoms with Crippen LogP contribution in [0.15, 0.2) is 0 Å². The first-order valence-corrected chi connectivity index (χ1v) is 6.68. The van der Waals surface area contributed by atoms with Crippen LogP contribution in [0.3, 0.4) is 0 Å². The normalized spacial score (nSPS) is 36.5. The van der Waals surface area contributed by atoms with Crippen molar-refractivity contribution in [3.63, 3.8) is 0 Å². The molecule has 0 aromatic carbocycles. The summed E-state index contributed by atoms with van der Waals surface area (Å²) in [4.78, 5) is 12.5. The van der Waals surface area contributed by atoms with Gasteiger partial charge in [0.1, 0.15) is 5.54 Å². The lowest BCUT2D eigenvalue weighted by Gasteiger charge is -2.61. The Morgan fingerprint density at radius 2 is 2.05 bits per heavy atom. The van der Waals surface area contributed by atoms with E-state index in [2.05, 4.69) is 5.32 Å². The molecule has 1 saturated carbocycles. The highest BCUT2D eigenvalue weighted by molar-refractivity contribution is 5.90. The molecule has 2 aliphatic rings. The molecular formula is C13H24N2O4. The van der Waals surface area contributed by atoms with Gasteiger partial charge < -0.3 is 26.0 Å². The molecule has 110 valence electrons. The molecule has 0 aromatic rings. The molecule has 6 heteroatoms. The van der Waals surface area contributed by atoms with E-state index in [4.69, 9.17) is 10.5 Å². The van der Waals surface area contributed by atoms with E-state index < -0.39 is 16.5 Å². The van der Waals surface area contributed by atoms with Gasteiger partial charge in [0.15, 0.2) is 0 Å². The molecule has 0 spiro atoms. The van der Waals surface area contributed by atoms with E-state index in [0.717, 1.165) is 6.42 Å². The van der Waals surface area contributed by atoms with Crippen LogP contribution in [0, 0.1) is 11.3 Å². The van der Waals surface area contributed by atoms with Crippen LogP contribution in [0.5, 0.6) is 0 Å². The van der Waals surface area contributed by atoms with Gasteiger partial charge in [-0.25, -0.2) is 0 Å². The molecule has 6 nitrogen and oxygen atoms in total. The summed E-state index contributed by atoms with van der Waals surface area (Å²) >= 11 is 0. The highest BCUT2D eigenvalue weighted by Gasteiger charge is 2.71. The summed E-state index contributed by atoms with van der Waals surface area (Å²) in [5.74, 6) is -0.320. The van der Waals surface area contributed by atoms with Crippen molar-refractivity contribution in [2.24, 2.45) is 17.1 Å². The summed E-state index contributed by atoms with van der Waals surface area (Å²) in [5, 5.41) is 21.2. The standard InChI is InChI=1S/C13H24N2O4/c1-11(2)9-8(4-5-19-9)13(11,14)10(18)15-12(3,6-16)7-17/h8-9,16-17H,4-7,14H2,1-3H3,(H,15,18). The quantitative estimate of drug-likeness (QED) is 0.525. The number of rotatable bonds is 4. The smallest absolute Gasteiger partial charge is 0.241 e. The number of ether oxygens (including phenoxy) is 1. The Labute approximate surface area is 113 Å². The van der Waals surface area contributed by atoms with Crippen LogP contribution >= 0.6 is 0 Å². The monoisotopic (exact) mass is 272 g/mol. The maximum Gasteiger partial charge on any atom is 0.241 e. The van der Waals surface area contributed by atoms with Gasteiger partial charge in [-0.15, -0.1) is 0 Å². The number of amides is 1. The zero-order chi connectivity index (χ0) is 14.5. The Hall–Kier alpha value is -0.690. The number of hydrogen-bond acceptors (Lipinski definition) is 5. The van der Waals surface area contributed by atoms with E-state index in [1.165, 1.54) is 0 Å². The Bertz CT molecular complexity index is 381. The minimum atomic E-state index is -1.05. The van der Waals surface area contributed by atoms with Crippen molar-refractivity contribution < 1.29 is 19.7 Å². The molecule has 1 saturated heterocycles. The zero-order valence-corrected chi connectivity index (χ0v) is 11.8. The first kappa shape index (κ1) is 14.7. The van der Waals surface area contributed by atoms with Crippen molar-refractivity contribution in [3.05, 3.63) is 0 Å². The number of carbonyl (C=O) groups is 1. The van der Waals surface area contributed by atoms with Crippen LogP contribution in [0.4, 0.5) is 0 Å². The van der Waals surface area contributed by atoms with Crippen molar-refractivity contribution in [2.75, 3.05) is 19.8 Å². The molecule has 5 N–H and O–H groups in total. The molecule has 1 heterocycles. The third-order valence-electron chi connectivity index (χ3n) is 4.94. The van der Waals surface area contributed by atoms with Gasteiger partial charge >= 0.3 is 0 Å². The van der Waals surface area contributed by atoms with Crippen molar-refractivity contribution in [1.82, 2.24) is 5.32 Å². The Balaban J connectivity index is 2.19. The first-order valence-electron chi connectivity index (χ1n) is 6.68. The summed E-state index contributed by atoms with van der Waals surface area (Å²) in [6.45, 7) is 5.39. The average molecular weight is 272 g/mol. The van der Waals surface area contributed by atoms with Crippen LogP contribution in [-0.2, 0) is 9.53 Å². The fourth-order valence-corrected chi connectivity index (χ4v) is 3.35. The highest BCUT2D eigenvalue weighted by atomic mass is 16.5. The van der Waals surface area contributed by atoms with E-state index >= 15 is 0 Å². The second-order valence-corrected chi connectivity index (χ2v) is 6.61. The number of aliphatic hydroxyl groups excluding tert-OH is 2. The van der Waals surface area contributed by atoms with Gasteiger partial charge in [-0.3, -0.25) is 4.79 Å². The van der Waals surface area contributed by atoms with Crippen LogP contribution in [0.25, 0.3) is 0 Å². The molecule has 2 rings (SSSR count). The number of aliphatic hydroxyl groups is 2. The third kappa shape index (κ3) is 1.81. The van der Waals surface area contributed by atoms with E-state index in [-0.39, 0.29) is 31.1 Å². The maximum atomic E-state index is 12.5. The lowest BCUT2D eigenvalue weighted by molar-refractivity contribution is -0.177. The first-order chi connectivity index (χ1) is 8.73. The molecular weight excluding hydrogens is 248 g/mol. The predicted octanol–water partition coefficient (Wildman–Crippen LogP) is -1.01. The van der Waals surface area contributed by atoms with E-state index in [9.17, 15) is 15.0 Å². The Kier molecular flexibility index (Phi) is 3.42. The fraction of sp³-hybridized carbons (Fsp3) is 0.923. The molecule has 19 heavy (non-hydrogen) atoms. The van der Waals surface area contributed by atoms with Crippen molar-refractivity contribution >= 4 is 5.91 Å². The number of hydrogen-bond donors (Lipinski definition) is 4. The van der Waals surface area contributed by atoms with Gasteiger partial charge in [0.2, 0.25) is 5.91 Å². The SMILES string of the molecule is CC(CO)(CO)NC(=O)C1(N)C2CCOC2C1(C)C. The van der Waals surface area contributed by atoms with Crippen LogP contribution in [0.1, 0.15) is 27.2 Å². The molecule has 1 aliphatic carbocycles. The summed E-state index contributed by atoms with van der Waals surface area (Å²) in [6, 6.07) is 0. The second kappa shape index (κ2) is 4.41. The Morgan fingerprint density at radius 3 is 2.58 bits per heavy atom. The maximum absolute atomic E-state index is 12.5. The average Bonchev–Trinajstić information content (AvgIpc) is 2.85. The van der Waals surface area contributed by atoms with Crippen LogP contribution in [0.2, 0.25) is 0 Å². The third-order valence-corrected chi connectivity index (χ3v) is 4.94. The molecule has 1 amide bonds. The summed E-state index contributed by atoms with van der Waals surface area (Å²) in [7, 11) is 0. The molecule has 1 aliphatic heterocycles. The largest absolute Gasteiger partial charge is 0.394 e. The number of nitrogens with two attached hydrogens (primary N) is 1. The van der Waals surface area contributed by atoms with Gasteiger partial charge in [-0.05, 0) is 13.3 Å². The van der Waals surface area contributed by atoms with E-state index in [1.807, 2.05) is 13.8 Å². The second-order valence-electron chi connectivity index (χ2n) is 6.61. The van der Waals surface area contributed by atoms with Gasteiger partial charge in [0.05, 0.1) is 24.9 Å². The Morgan fingerprint density at radius 1 is 1.47 bits per heavy atom. The summed E-state index contributed by atoms with van der Waals surface area (Å²) in [6.07, 6.45) is 0.783. The molecule has 3 atom stereocenters. The predicted molar refractivity (Wildman–Crippen MR) is 69.3 cm³/mol. The minimum absolute atomic E-state index is 0.00383. The van der Waals surface area contributed by atoms with Gasteiger partial charge in [-0.1, -0.05) is 13.8 Å². The zero-order valence-electron chi connectivity index (χ0n) is 11.8. The van der Waals surface area contributed by atoms with Gasteiger partial charge in [0, 0.05) is 17.9 Å². The lowest BCUT2D eigenvalue weighted by atomic mass is 9.48. The van der Waals surface area contributed by atoms with Crippen molar-refractivity contribution in [3.8, 4) is 0 Å². The van der Waals surface area contributed by atoms with Crippen LogP contribution < -0.4 is 11.1 Å². The van der Waals surface area contributed by atoms with E-state index in [0.29, 0.717) is 6.61 Å². The molecule has 2 fully saturated rings. The molecule has 3 unspecified atom stereocenters. The summed E-state index contributed by atoms with van der Waals surface area (Å²) in [5.41, 5.74) is 3.85. The minimum Gasteiger partial charge on any atom is -0.394 e. The topological polar surface area (TPSA) is 105 Å². The summed E-state index contributed by atoms with van der Waals surface area (Å²) < 4.78 is 5.64. The van der Waals surface area contributed by atoms with Gasteiger partial charge in [-0.2, -0.15) is 0 Å². The number of carbonyl (C=O) groups excluding carboxylic acids is 1. The molecule has 0 aromatic heterocycles. The van der Waals surface area contributed by atoms with Crippen LogP contribution in [-0.4, -0.2) is 53.1 Å².